The molecule has 0 fully saturated rings. The van der Waals surface area contributed by atoms with Crippen molar-refractivity contribution in [1.29, 1.82) is 5.26 Å². The standard InChI is InChI=1S/C16H22N2O2/c1-11(18)14(15(19)20-16(2,3)4)9-12-6-5-7-13(8-12)10-17/h5-8,11,14H,9,18H2,1-4H3/t11-,14-/m1/s1. The van der Waals surface area contributed by atoms with Gasteiger partial charge in [-0.25, -0.2) is 0 Å². The molecule has 0 saturated heterocycles. The van der Waals surface area contributed by atoms with Gasteiger partial charge in [0.1, 0.15) is 5.60 Å². The van der Waals surface area contributed by atoms with Gasteiger partial charge in [0.05, 0.1) is 17.6 Å². The van der Waals surface area contributed by atoms with Crippen molar-refractivity contribution in [3.05, 3.63) is 35.4 Å². The quantitative estimate of drug-likeness (QED) is 0.855. The number of esters is 1. The van der Waals surface area contributed by atoms with Crippen molar-refractivity contribution < 1.29 is 9.53 Å². The molecule has 2 atom stereocenters. The van der Waals surface area contributed by atoms with Gasteiger partial charge >= 0.3 is 5.97 Å². The molecule has 0 heterocycles. The van der Waals surface area contributed by atoms with Crippen molar-refractivity contribution >= 4 is 5.97 Å². The zero-order valence-electron chi connectivity index (χ0n) is 12.5. The number of nitrogens with zero attached hydrogens (tertiary/aromatic N) is 1. The number of nitriles is 1. The highest BCUT2D eigenvalue weighted by atomic mass is 16.6. The minimum atomic E-state index is -0.529. The Morgan fingerprint density at radius 2 is 2.10 bits per heavy atom. The Morgan fingerprint density at radius 1 is 1.45 bits per heavy atom. The number of nitrogens with two attached hydrogens (primary N) is 1. The molecule has 0 aliphatic heterocycles. The fourth-order valence-corrected chi connectivity index (χ4v) is 1.88. The normalized spacial score (nSPS) is 14.2. The Kier molecular flexibility index (Phi) is 5.29. The van der Waals surface area contributed by atoms with Crippen LogP contribution in [-0.2, 0) is 16.0 Å². The van der Waals surface area contributed by atoms with E-state index in [1.54, 1.807) is 25.1 Å². The summed E-state index contributed by atoms with van der Waals surface area (Å²) in [5, 5.41) is 8.90. The Morgan fingerprint density at radius 3 is 2.60 bits per heavy atom. The van der Waals surface area contributed by atoms with E-state index in [2.05, 4.69) is 6.07 Å². The predicted molar refractivity (Wildman–Crippen MR) is 77.8 cm³/mol. The molecule has 1 aromatic rings. The van der Waals surface area contributed by atoms with Crippen molar-refractivity contribution in [2.45, 2.75) is 45.8 Å². The molecule has 0 radical (unpaired) electrons. The van der Waals surface area contributed by atoms with Crippen LogP contribution in [0.3, 0.4) is 0 Å². The Hall–Kier alpha value is -1.86. The summed E-state index contributed by atoms with van der Waals surface area (Å²) in [6.45, 7) is 7.29. The van der Waals surface area contributed by atoms with Crippen LogP contribution in [0.15, 0.2) is 24.3 Å². The molecule has 0 aliphatic carbocycles. The molecular formula is C16H22N2O2. The number of carbonyl (C=O) groups is 1. The van der Waals surface area contributed by atoms with Gasteiger partial charge in [-0.3, -0.25) is 4.79 Å². The predicted octanol–water partition coefficient (Wildman–Crippen LogP) is 2.41. The Bertz CT molecular complexity index is 510. The average Bonchev–Trinajstić information content (AvgIpc) is 2.33. The maximum absolute atomic E-state index is 12.2. The summed E-state index contributed by atoms with van der Waals surface area (Å²) >= 11 is 0. The highest BCUT2D eigenvalue weighted by Gasteiger charge is 2.28. The number of benzene rings is 1. The van der Waals surface area contributed by atoms with E-state index in [-0.39, 0.29) is 12.0 Å². The number of rotatable bonds is 4. The molecule has 0 spiro atoms. The van der Waals surface area contributed by atoms with Crippen molar-refractivity contribution in [3.8, 4) is 6.07 Å². The average molecular weight is 274 g/mol. The smallest absolute Gasteiger partial charge is 0.311 e. The summed E-state index contributed by atoms with van der Waals surface area (Å²) in [6, 6.07) is 8.99. The van der Waals surface area contributed by atoms with Gasteiger partial charge in [0.25, 0.3) is 0 Å². The van der Waals surface area contributed by atoms with Crippen LogP contribution >= 0.6 is 0 Å². The zero-order chi connectivity index (χ0) is 15.3. The summed E-state index contributed by atoms with van der Waals surface area (Å²) in [7, 11) is 0. The van der Waals surface area contributed by atoms with Gasteiger partial charge in [0, 0.05) is 6.04 Å². The number of ether oxygens (including phenoxy) is 1. The Labute approximate surface area is 120 Å². The van der Waals surface area contributed by atoms with Crippen LogP contribution in [0.5, 0.6) is 0 Å². The molecule has 4 nitrogen and oxygen atoms in total. The van der Waals surface area contributed by atoms with Crippen molar-refractivity contribution in [1.82, 2.24) is 0 Å². The van der Waals surface area contributed by atoms with Crippen LogP contribution in [0, 0.1) is 17.2 Å². The maximum atomic E-state index is 12.2. The number of hydrogen-bond donors (Lipinski definition) is 1. The molecular weight excluding hydrogens is 252 g/mol. The van der Waals surface area contributed by atoms with E-state index in [4.69, 9.17) is 15.7 Å². The second-order valence-corrected chi connectivity index (χ2v) is 6.02. The fraction of sp³-hybridized carbons (Fsp3) is 0.500. The first-order valence-electron chi connectivity index (χ1n) is 6.70. The fourth-order valence-electron chi connectivity index (χ4n) is 1.88. The second kappa shape index (κ2) is 6.53. The van der Waals surface area contributed by atoms with E-state index in [0.717, 1.165) is 5.56 Å². The van der Waals surface area contributed by atoms with E-state index in [1.165, 1.54) is 0 Å². The van der Waals surface area contributed by atoms with Crippen LogP contribution in [0.2, 0.25) is 0 Å². The van der Waals surface area contributed by atoms with E-state index in [1.807, 2.05) is 26.8 Å². The summed E-state index contributed by atoms with van der Waals surface area (Å²) in [5.41, 5.74) is 6.87. The first kappa shape index (κ1) is 16.2. The third kappa shape index (κ3) is 5.02. The monoisotopic (exact) mass is 274 g/mol. The first-order chi connectivity index (χ1) is 9.23. The molecule has 0 bridgehead atoms. The lowest BCUT2D eigenvalue weighted by Crippen LogP contribution is -2.39. The minimum Gasteiger partial charge on any atom is -0.460 e. The SMILES string of the molecule is C[C@@H](N)[C@@H](Cc1cccc(C#N)c1)C(=O)OC(C)(C)C. The van der Waals surface area contributed by atoms with E-state index in [9.17, 15) is 4.79 Å². The molecule has 0 aromatic heterocycles. The molecule has 20 heavy (non-hydrogen) atoms. The summed E-state index contributed by atoms with van der Waals surface area (Å²) in [4.78, 5) is 12.2. The third-order valence-corrected chi connectivity index (χ3v) is 2.86. The lowest BCUT2D eigenvalue weighted by atomic mass is 9.92. The molecule has 0 saturated carbocycles. The van der Waals surface area contributed by atoms with E-state index >= 15 is 0 Å². The number of hydrogen-bond acceptors (Lipinski definition) is 4. The van der Waals surface area contributed by atoms with Crippen molar-refractivity contribution in [3.63, 3.8) is 0 Å². The van der Waals surface area contributed by atoms with Gasteiger partial charge in [-0.2, -0.15) is 5.26 Å². The van der Waals surface area contributed by atoms with Crippen LogP contribution < -0.4 is 5.73 Å². The highest BCUT2D eigenvalue weighted by molar-refractivity contribution is 5.74. The molecule has 0 unspecified atom stereocenters. The van der Waals surface area contributed by atoms with Gasteiger partial charge in [-0.05, 0) is 51.8 Å². The topological polar surface area (TPSA) is 76.1 Å². The molecule has 108 valence electrons. The van der Waals surface area contributed by atoms with Gasteiger partial charge in [-0.1, -0.05) is 12.1 Å². The lowest BCUT2D eigenvalue weighted by Gasteiger charge is -2.26. The molecule has 2 N–H and O–H groups in total. The van der Waals surface area contributed by atoms with Crippen LogP contribution in [0.25, 0.3) is 0 Å². The second-order valence-electron chi connectivity index (χ2n) is 6.02. The summed E-state index contributed by atoms with van der Waals surface area (Å²) in [6.07, 6.45) is 0.474. The van der Waals surface area contributed by atoms with Crippen LogP contribution in [0.1, 0.15) is 38.8 Å². The van der Waals surface area contributed by atoms with Crippen molar-refractivity contribution in [2.75, 3.05) is 0 Å². The number of carbonyl (C=O) groups excluding carboxylic acids is 1. The van der Waals surface area contributed by atoms with Gasteiger partial charge < -0.3 is 10.5 Å². The third-order valence-electron chi connectivity index (χ3n) is 2.86. The van der Waals surface area contributed by atoms with Crippen LogP contribution in [0.4, 0.5) is 0 Å². The maximum Gasteiger partial charge on any atom is 0.311 e. The molecule has 1 rings (SSSR count). The summed E-state index contributed by atoms with van der Waals surface area (Å²) < 4.78 is 5.41. The van der Waals surface area contributed by atoms with Crippen LogP contribution in [-0.4, -0.2) is 17.6 Å². The largest absolute Gasteiger partial charge is 0.460 e. The lowest BCUT2D eigenvalue weighted by molar-refractivity contribution is -0.160. The van der Waals surface area contributed by atoms with Gasteiger partial charge in [0.2, 0.25) is 0 Å². The van der Waals surface area contributed by atoms with E-state index in [0.29, 0.717) is 12.0 Å². The first-order valence-corrected chi connectivity index (χ1v) is 6.70. The zero-order valence-corrected chi connectivity index (χ0v) is 12.5. The van der Waals surface area contributed by atoms with Gasteiger partial charge in [-0.15, -0.1) is 0 Å². The molecule has 0 amide bonds. The molecule has 1 aromatic carbocycles. The highest BCUT2D eigenvalue weighted by Crippen LogP contribution is 2.18. The molecule has 0 aliphatic rings. The van der Waals surface area contributed by atoms with E-state index < -0.39 is 11.5 Å². The Balaban J connectivity index is 2.87. The summed E-state index contributed by atoms with van der Waals surface area (Å²) in [5.74, 6) is -0.710. The molecule has 4 heteroatoms. The van der Waals surface area contributed by atoms with Crippen molar-refractivity contribution in [2.24, 2.45) is 11.7 Å². The minimum absolute atomic E-state index is 0.296. The van der Waals surface area contributed by atoms with Gasteiger partial charge in [0.15, 0.2) is 0 Å².